The van der Waals surface area contributed by atoms with E-state index < -0.39 is 0 Å². The van der Waals surface area contributed by atoms with Gasteiger partial charge in [0.1, 0.15) is 5.75 Å². The molecule has 0 amide bonds. The molecule has 4 aromatic rings. The van der Waals surface area contributed by atoms with Gasteiger partial charge in [-0.15, -0.1) is 0 Å². The molecule has 170 valence electrons. The second kappa shape index (κ2) is 6.01. The van der Waals surface area contributed by atoms with Gasteiger partial charge in [-0.2, -0.15) is 0 Å². The molecule has 0 saturated carbocycles. The van der Waals surface area contributed by atoms with E-state index in [1.54, 1.807) is 0 Å². The maximum absolute atomic E-state index is 7.07. The van der Waals surface area contributed by atoms with Gasteiger partial charge in [0, 0.05) is 27.8 Å². The summed E-state index contributed by atoms with van der Waals surface area (Å²) < 4.78 is 7.07. The van der Waals surface area contributed by atoms with Gasteiger partial charge in [-0.25, -0.2) is 4.98 Å². The van der Waals surface area contributed by atoms with E-state index in [4.69, 9.17) is 9.72 Å². The Morgan fingerprint density at radius 2 is 1.88 bits per heavy atom. The van der Waals surface area contributed by atoms with Crippen LogP contribution in [0.25, 0.3) is 21.7 Å². The second-order valence-electron chi connectivity index (χ2n) is 11.5. The fourth-order valence-electron chi connectivity index (χ4n) is 8.49. The molecule has 0 N–H and O–H groups in total. The Hall–Kier alpha value is -2.91. The summed E-state index contributed by atoms with van der Waals surface area (Å²) in [5.41, 5.74) is 9.58. The lowest BCUT2D eigenvalue weighted by molar-refractivity contribution is -0.0910. The molecular weight excluding hydrogens is 416 g/mol. The Bertz CT molecular complexity index is 1570. The minimum absolute atomic E-state index is 0.00378. The number of piperidine rings is 1. The third-order valence-electron chi connectivity index (χ3n) is 10.2. The second-order valence-corrected chi connectivity index (χ2v) is 11.5. The van der Waals surface area contributed by atoms with Crippen LogP contribution in [0.1, 0.15) is 53.0 Å². The van der Waals surface area contributed by atoms with Crippen molar-refractivity contribution in [3.05, 3.63) is 82.0 Å². The summed E-state index contributed by atoms with van der Waals surface area (Å²) in [6.07, 6.45) is 3.33. The molecule has 3 heterocycles. The van der Waals surface area contributed by atoms with E-state index in [1.165, 1.54) is 49.7 Å². The summed E-state index contributed by atoms with van der Waals surface area (Å²) in [4.78, 5) is 8.13. The smallest absolute Gasteiger partial charge is 0.151 e. The number of ether oxygens (including phenoxy) is 1. The third kappa shape index (κ3) is 1.96. The molecule has 2 aliphatic carbocycles. The van der Waals surface area contributed by atoms with E-state index in [-0.39, 0.29) is 16.9 Å². The molecule has 2 aliphatic heterocycles. The van der Waals surface area contributed by atoms with E-state index >= 15 is 0 Å². The van der Waals surface area contributed by atoms with Crippen LogP contribution in [0.4, 0.5) is 0 Å². The first-order valence-corrected chi connectivity index (χ1v) is 12.7. The van der Waals surface area contributed by atoms with Gasteiger partial charge in [-0.1, -0.05) is 55.5 Å². The van der Waals surface area contributed by atoms with Crippen LogP contribution >= 0.6 is 0 Å². The van der Waals surface area contributed by atoms with Gasteiger partial charge in [0.25, 0.3) is 0 Å². The van der Waals surface area contributed by atoms with Crippen molar-refractivity contribution in [1.29, 1.82) is 0 Å². The molecular formula is C31H30N2O. The Kier molecular flexibility index (Phi) is 3.43. The number of aromatic nitrogens is 1. The molecule has 1 spiro atoms. The molecule has 3 aromatic carbocycles. The first-order chi connectivity index (χ1) is 16.4. The molecule has 1 aromatic heterocycles. The van der Waals surface area contributed by atoms with Crippen molar-refractivity contribution in [1.82, 2.24) is 9.88 Å². The summed E-state index contributed by atoms with van der Waals surface area (Å²) in [6.45, 7) is 8.23. The Labute approximate surface area is 200 Å². The third-order valence-corrected chi connectivity index (χ3v) is 10.2. The number of pyridine rings is 1. The number of likely N-dealkylation sites (tertiary alicyclic amines) is 1. The summed E-state index contributed by atoms with van der Waals surface area (Å²) >= 11 is 0. The zero-order valence-corrected chi connectivity index (χ0v) is 20.4. The normalized spacial score (nSPS) is 30.8. The number of benzene rings is 3. The number of hydrogen-bond donors (Lipinski definition) is 0. The monoisotopic (exact) mass is 446 g/mol. The lowest BCUT2D eigenvalue weighted by Gasteiger charge is -2.64. The van der Waals surface area contributed by atoms with Crippen LogP contribution in [0.5, 0.6) is 5.75 Å². The standard InChI is InChI=1S/C31H30N2O/c1-17-9-10-20-15-24-30(3)16-23-18(2)21-12-11-19-7-5-6-8-22(19)26(21)32-27(23)29-31(30,13-14-33(24)4)25(20)28(17)34-29/h5-12,24,29H,13-16H2,1-4H3/t24-,29+,30+,31+/m1/s1. The van der Waals surface area contributed by atoms with Crippen molar-refractivity contribution < 1.29 is 4.74 Å². The molecule has 2 bridgehead atoms. The van der Waals surface area contributed by atoms with Gasteiger partial charge in [0.2, 0.25) is 0 Å². The molecule has 8 rings (SSSR count). The summed E-state index contributed by atoms with van der Waals surface area (Å²) in [5.74, 6) is 1.15. The zero-order chi connectivity index (χ0) is 23.0. The van der Waals surface area contributed by atoms with Crippen LogP contribution in [0, 0.1) is 19.3 Å². The van der Waals surface area contributed by atoms with Crippen molar-refractivity contribution in [2.75, 3.05) is 13.6 Å². The molecule has 0 unspecified atom stereocenters. The highest BCUT2D eigenvalue weighted by Gasteiger charge is 2.70. The van der Waals surface area contributed by atoms with E-state index in [0.717, 1.165) is 37.1 Å². The Balaban J connectivity index is 1.50. The van der Waals surface area contributed by atoms with Crippen LogP contribution in [-0.2, 0) is 18.3 Å². The number of fused-ring (bicyclic) bond motifs is 5. The van der Waals surface area contributed by atoms with Crippen molar-refractivity contribution in [3.8, 4) is 5.75 Å². The minimum atomic E-state index is -0.00494. The van der Waals surface area contributed by atoms with Crippen molar-refractivity contribution >= 4 is 21.7 Å². The van der Waals surface area contributed by atoms with E-state index in [2.05, 4.69) is 81.2 Å². The average Bonchev–Trinajstić information content (AvgIpc) is 3.20. The highest BCUT2D eigenvalue weighted by atomic mass is 16.5. The SMILES string of the molecule is Cc1ccc2c3c1O[C@H]1c4nc5c(ccc6ccccc65)c(C)c4C[C@@]4(C)[C@@H](C2)N(C)CC[C@]314. The summed E-state index contributed by atoms with van der Waals surface area (Å²) in [7, 11) is 2.33. The van der Waals surface area contributed by atoms with Gasteiger partial charge >= 0.3 is 0 Å². The van der Waals surface area contributed by atoms with E-state index in [1.807, 2.05) is 0 Å². The van der Waals surface area contributed by atoms with Gasteiger partial charge in [0.05, 0.1) is 16.6 Å². The molecule has 1 fully saturated rings. The molecule has 0 radical (unpaired) electrons. The highest BCUT2D eigenvalue weighted by Crippen LogP contribution is 2.71. The zero-order valence-electron chi connectivity index (χ0n) is 20.4. The maximum Gasteiger partial charge on any atom is 0.151 e. The van der Waals surface area contributed by atoms with Gasteiger partial charge in [-0.3, -0.25) is 0 Å². The van der Waals surface area contributed by atoms with Gasteiger partial charge in [0.15, 0.2) is 6.10 Å². The molecule has 1 saturated heterocycles. The largest absolute Gasteiger partial charge is 0.483 e. The maximum atomic E-state index is 7.07. The van der Waals surface area contributed by atoms with Crippen LogP contribution < -0.4 is 4.74 Å². The van der Waals surface area contributed by atoms with Crippen LogP contribution in [0.2, 0.25) is 0 Å². The molecule has 34 heavy (non-hydrogen) atoms. The molecule has 4 aliphatic rings. The molecule has 4 atom stereocenters. The topological polar surface area (TPSA) is 25.4 Å². The fraction of sp³-hybridized carbons (Fsp3) is 0.387. The van der Waals surface area contributed by atoms with Crippen molar-refractivity contribution in [2.24, 2.45) is 5.41 Å². The van der Waals surface area contributed by atoms with Gasteiger partial charge < -0.3 is 9.64 Å². The Morgan fingerprint density at radius 3 is 2.76 bits per heavy atom. The molecule has 3 heteroatoms. The molecule has 3 nitrogen and oxygen atoms in total. The number of aryl methyl sites for hydroxylation is 2. The Morgan fingerprint density at radius 1 is 1.03 bits per heavy atom. The van der Waals surface area contributed by atoms with Crippen molar-refractivity contribution in [2.45, 2.75) is 57.6 Å². The number of likely N-dealkylation sites (N-methyl/N-ethyl adjacent to an activating group) is 1. The fourth-order valence-corrected chi connectivity index (χ4v) is 8.49. The lowest BCUT2D eigenvalue weighted by atomic mass is 9.44. The van der Waals surface area contributed by atoms with Crippen LogP contribution in [-0.4, -0.2) is 29.5 Å². The highest BCUT2D eigenvalue weighted by molar-refractivity contribution is 6.06. The van der Waals surface area contributed by atoms with Gasteiger partial charge in [-0.05, 0) is 74.3 Å². The van der Waals surface area contributed by atoms with E-state index in [0.29, 0.717) is 6.04 Å². The minimum Gasteiger partial charge on any atom is -0.483 e. The predicted octanol–water partition coefficient (Wildman–Crippen LogP) is 6.20. The average molecular weight is 447 g/mol. The quantitative estimate of drug-likeness (QED) is 0.301. The predicted molar refractivity (Wildman–Crippen MR) is 137 cm³/mol. The van der Waals surface area contributed by atoms with Crippen LogP contribution in [0.3, 0.4) is 0 Å². The summed E-state index contributed by atoms with van der Waals surface area (Å²) in [6, 6.07) is 18.4. The van der Waals surface area contributed by atoms with Crippen LogP contribution in [0.15, 0.2) is 48.5 Å². The van der Waals surface area contributed by atoms with Crippen molar-refractivity contribution in [3.63, 3.8) is 0 Å². The lowest BCUT2D eigenvalue weighted by Crippen LogP contribution is -2.68. The number of nitrogens with zero attached hydrogens (tertiary/aromatic N) is 2. The first-order valence-electron chi connectivity index (χ1n) is 12.7. The number of hydrogen-bond acceptors (Lipinski definition) is 3. The number of rotatable bonds is 0. The van der Waals surface area contributed by atoms with E-state index in [9.17, 15) is 0 Å². The first kappa shape index (κ1) is 19.4. The summed E-state index contributed by atoms with van der Waals surface area (Å²) in [5, 5.41) is 3.79.